The fraction of sp³-hybridized carbons (Fsp3) is 0.489. The van der Waals surface area contributed by atoms with E-state index in [0.717, 1.165) is 190 Å². The minimum atomic E-state index is -1.30. The molecule has 0 unspecified atom stereocenters. The highest BCUT2D eigenvalue weighted by Crippen LogP contribution is 2.43. The Labute approximate surface area is 737 Å². The van der Waals surface area contributed by atoms with Crippen LogP contribution < -0.4 is 31.3 Å². The van der Waals surface area contributed by atoms with Gasteiger partial charge >= 0.3 is 19.3 Å². The van der Waals surface area contributed by atoms with Crippen molar-refractivity contribution in [1.29, 1.82) is 0 Å². The third kappa shape index (κ3) is 21.0. The lowest BCUT2D eigenvalue weighted by molar-refractivity contribution is 0.00578. The molecule has 28 nitrogen and oxygen atoms in total. The van der Waals surface area contributed by atoms with Gasteiger partial charge in [-0.3, -0.25) is 19.5 Å². The molecular weight excluding hydrogens is 1670 g/mol. The first-order chi connectivity index (χ1) is 58.8. The Morgan fingerprint density at radius 2 is 0.944 bits per heavy atom. The highest BCUT2D eigenvalue weighted by Gasteiger charge is 2.52. The zero-order valence-corrected chi connectivity index (χ0v) is 79.4. The van der Waals surface area contributed by atoms with Crippen molar-refractivity contribution >= 4 is 96.7 Å². The third-order valence-electron chi connectivity index (χ3n) is 23.2. The van der Waals surface area contributed by atoms with Crippen LogP contribution in [0.15, 0.2) is 148 Å². The summed E-state index contributed by atoms with van der Waals surface area (Å²) in [6.45, 7) is 46.6. The number of anilines is 3. The van der Waals surface area contributed by atoms with Crippen LogP contribution in [0.25, 0.3) is 61.8 Å². The summed E-state index contributed by atoms with van der Waals surface area (Å²) < 4.78 is 46.8. The van der Waals surface area contributed by atoms with Gasteiger partial charge in [0.05, 0.1) is 46.1 Å². The number of ether oxygens (including phenoxy) is 4. The highest BCUT2D eigenvalue weighted by atomic mass is 79.9. The first-order valence-corrected chi connectivity index (χ1v) is 51.8. The summed E-state index contributed by atoms with van der Waals surface area (Å²) in [5.74, 6) is -0.0689. The second kappa shape index (κ2) is 38.0. The number of halogens is 1. The molecule has 11 aromatic rings. The lowest BCUT2D eigenvalue weighted by Crippen LogP contribution is -2.41. The number of rotatable bonds is 19. The summed E-state index contributed by atoms with van der Waals surface area (Å²) >= 11 is 3.52. The molecule has 0 radical (unpaired) electrons. The fourth-order valence-electron chi connectivity index (χ4n) is 15.9. The summed E-state index contributed by atoms with van der Waals surface area (Å²) in [6.07, 6.45) is 19.8. The lowest BCUT2D eigenvalue weighted by atomic mass is 9.82. The van der Waals surface area contributed by atoms with Crippen molar-refractivity contribution in [2.45, 2.75) is 241 Å². The number of nitrogens with one attached hydrogen (secondary N) is 1. The molecule has 0 bridgehead atoms. The van der Waals surface area contributed by atoms with Gasteiger partial charge in [-0.25, -0.2) is 9.59 Å². The van der Waals surface area contributed by atoms with E-state index < -0.39 is 57.9 Å². The Morgan fingerprint density at radius 1 is 0.524 bits per heavy atom. The van der Waals surface area contributed by atoms with Crippen LogP contribution in [0.4, 0.5) is 26.7 Å². The zero-order chi connectivity index (χ0) is 89.0. The number of aromatic amines is 1. The van der Waals surface area contributed by atoms with Crippen molar-refractivity contribution in [3.05, 3.63) is 182 Å². The molecule has 0 amide bonds. The number of carbonyl (C=O) groups is 3. The molecule has 4 fully saturated rings. The number of fused-ring (bicyclic) bond motifs is 3. The van der Waals surface area contributed by atoms with E-state index in [9.17, 15) is 24.0 Å². The molecule has 0 atom stereocenters. The summed E-state index contributed by atoms with van der Waals surface area (Å²) in [4.78, 5) is 72.8. The van der Waals surface area contributed by atoms with Gasteiger partial charge in [0.25, 0.3) is 17.0 Å². The van der Waals surface area contributed by atoms with Crippen molar-refractivity contribution in [2.75, 3.05) is 67.2 Å². The number of piperidine rings is 3. The van der Waals surface area contributed by atoms with E-state index in [1.165, 1.54) is 42.8 Å². The van der Waals surface area contributed by atoms with Gasteiger partial charge in [0.1, 0.15) is 57.6 Å². The van der Waals surface area contributed by atoms with Crippen LogP contribution in [-0.2, 0) is 48.1 Å². The van der Waals surface area contributed by atoms with E-state index in [2.05, 4.69) is 124 Å². The molecule has 3 aromatic carbocycles. The standard InChI is InChI=1S/C32H44N6O4Si.C24H33BrN4O2Si.C22H23N5O.C14H23BN2O4/c1-23-26(25-20-33-37(21-25)31(40)42-32(2,3)4)30(39)38-29(36(23)22-41-18-19-43(5,6)7)28(35-16-12-9-13-17-35)27(34-38)24-14-10-8-11-15-24;1-18-20(25)24(30)29-23(28(18)17-31-15-16-32(2,3)4)22(27-13-9-6-10-14-27)21(26-29)19-11-7-5-8-12-19;1-15-12-18-21(26-10-6-3-7-11-26)20(16-8-4-2-5-9-16)25-27(18)22(28)19(15)17-13-23-24-14-17;1-12(2,3)19-11(18)17-9-10(8-16-17)15-20-13(4,5)14(6,7)21-15/h8,10-11,14-15,20-21H,9,12-13,16-19,22H2,1-7H3;5,7-8,11-12H,6,9-10,13-17H2,1-4H3;2,4-5,8-9,13-14H,3,6-7,10-12H2,1H3,(H,23,24);8-9H,1-7H3. The van der Waals surface area contributed by atoms with Crippen molar-refractivity contribution < 1.29 is 42.6 Å². The number of allylic oxidation sites excluding steroid dienone is 2. The van der Waals surface area contributed by atoms with Gasteiger partial charge < -0.3 is 52.1 Å². The molecule has 124 heavy (non-hydrogen) atoms. The Balaban J connectivity index is 0.000000146. The maximum Gasteiger partial charge on any atom is 0.498 e. The van der Waals surface area contributed by atoms with E-state index in [0.29, 0.717) is 40.0 Å². The molecule has 0 aliphatic carbocycles. The average molecular weight is 1790 g/mol. The van der Waals surface area contributed by atoms with Gasteiger partial charge in [-0.05, 0) is 176 Å². The van der Waals surface area contributed by atoms with Gasteiger partial charge in [-0.2, -0.15) is 53.7 Å². The van der Waals surface area contributed by atoms with Crippen LogP contribution >= 0.6 is 15.9 Å². The molecule has 0 saturated carbocycles. The third-order valence-corrected chi connectivity index (χ3v) is 27.5. The number of benzene rings is 3. The van der Waals surface area contributed by atoms with Crippen LogP contribution in [0.5, 0.6) is 0 Å². The number of nitrogens with zero attached hydrogens (tertiary/aromatic N) is 16. The summed E-state index contributed by atoms with van der Waals surface area (Å²) in [7, 11) is -3.02. The monoisotopic (exact) mass is 1790 g/mol. The molecule has 5 aliphatic rings. The fourth-order valence-corrected chi connectivity index (χ4v) is 17.8. The maximum atomic E-state index is 14.3. The number of carbonyl (C=O) groups excluding carboxylic acids is 3. The van der Waals surface area contributed by atoms with Crippen LogP contribution in [0, 0.1) is 13.8 Å². The molecule has 660 valence electrons. The predicted molar refractivity (Wildman–Crippen MR) is 499 cm³/mol. The van der Waals surface area contributed by atoms with Crippen LogP contribution in [0.2, 0.25) is 51.4 Å². The van der Waals surface area contributed by atoms with Crippen molar-refractivity contribution in [3.63, 3.8) is 0 Å². The van der Waals surface area contributed by atoms with E-state index in [4.69, 9.17) is 43.6 Å². The minimum Gasteiger partial charge on any atom is -0.442 e. The van der Waals surface area contributed by atoms with E-state index in [1.807, 2.05) is 136 Å². The van der Waals surface area contributed by atoms with Gasteiger partial charge in [0, 0.05) is 145 Å². The van der Waals surface area contributed by atoms with Crippen LogP contribution in [0.1, 0.15) is 161 Å². The smallest absolute Gasteiger partial charge is 0.442 e. The van der Waals surface area contributed by atoms with Crippen LogP contribution in [0.3, 0.4) is 0 Å². The largest absolute Gasteiger partial charge is 0.498 e. The quantitative estimate of drug-likeness (QED) is 0.0581. The molecule has 1 N–H and O–H groups in total. The average Bonchev–Trinajstić information content (AvgIpc) is 1.59. The minimum absolute atomic E-state index is 0.0689. The topological polar surface area (TPSA) is 277 Å². The van der Waals surface area contributed by atoms with Gasteiger partial charge in [-0.1, -0.05) is 136 Å². The highest BCUT2D eigenvalue weighted by molar-refractivity contribution is 9.10. The molecular formula is C92H123BBrN17O11Si2. The Hall–Kier alpha value is -10.1. The zero-order valence-electron chi connectivity index (χ0n) is 75.8. The number of aromatic nitrogens is 14. The molecule has 8 aromatic heterocycles. The predicted octanol–water partition coefficient (Wildman–Crippen LogP) is 17.9. The molecule has 16 rings (SSSR count). The Bertz CT molecular complexity index is 5730. The summed E-state index contributed by atoms with van der Waals surface area (Å²) in [6, 6.07) is 32.6. The summed E-state index contributed by atoms with van der Waals surface area (Å²) in [5, 5.41) is 29.8. The maximum absolute atomic E-state index is 14.3. The SMILES string of the molecule is CC(C)(C)OC(=O)n1cc(B2OC(C)(C)C(C)(C)O2)cn1.CC1=C(c2cn[nH]c2)C(=O)n2nc(-c3ccccc3)c(N3CCCCC3)c2C1.Cc1c(-c2cnn(C(=O)OC(C)(C)C)c2)c(=O)n2nc(-c3ccccc3)c(N3CCCCC3)c2n1COCC[Si](C)(C)C.Cc1c(Br)c(=O)n2nc(-c3ccccc3)c(N3CCCCC3)c2n1COCC[Si](C)(C)C. The first kappa shape index (κ1) is 91.6. The molecule has 4 saturated heterocycles. The molecule has 32 heteroatoms. The van der Waals surface area contributed by atoms with Gasteiger partial charge in [0.2, 0.25) is 0 Å². The number of hydrogen-bond acceptors (Lipinski definition) is 20. The lowest BCUT2D eigenvalue weighted by Gasteiger charge is -2.32. The molecule has 13 heterocycles. The van der Waals surface area contributed by atoms with E-state index in [1.54, 1.807) is 61.0 Å². The first-order valence-electron chi connectivity index (χ1n) is 43.6. The van der Waals surface area contributed by atoms with Gasteiger partial charge in [-0.15, -0.1) is 0 Å². The second-order valence-electron chi connectivity index (χ2n) is 38.2. The normalized spacial score (nSPS) is 16.2. The number of hydrogen-bond donors (Lipinski definition) is 1. The Morgan fingerprint density at radius 3 is 1.38 bits per heavy atom. The van der Waals surface area contributed by atoms with Crippen molar-refractivity contribution in [1.82, 2.24) is 67.9 Å². The van der Waals surface area contributed by atoms with Crippen molar-refractivity contribution in [2.24, 2.45) is 0 Å². The molecule has 5 aliphatic heterocycles. The Kier molecular flexibility index (Phi) is 28.1. The van der Waals surface area contributed by atoms with Crippen LogP contribution in [-0.4, -0.2) is 184 Å². The van der Waals surface area contributed by atoms with E-state index >= 15 is 0 Å². The summed E-state index contributed by atoms with van der Waals surface area (Å²) in [5.41, 5.74) is 14.6. The van der Waals surface area contributed by atoms with E-state index in [-0.39, 0.29) is 23.8 Å². The van der Waals surface area contributed by atoms with Gasteiger partial charge in [0.15, 0.2) is 11.3 Å². The number of H-pyrrole nitrogens is 1. The second-order valence-corrected chi connectivity index (χ2v) is 50.3. The molecule has 0 spiro atoms. The van der Waals surface area contributed by atoms with Crippen molar-refractivity contribution in [3.8, 4) is 44.9 Å².